The van der Waals surface area contributed by atoms with Crippen LogP contribution in [-0.4, -0.2) is 17.9 Å². The number of esters is 1. The van der Waals surface area contributed by atoms with Crippen molar-refractivity contribution in [3.63, 3.8) is 0 Å². The van der Waals surface area contributed by atoms with Crippen molar-refractivity contribution >= 4 is 11.8 Å². The zero-order valence-electron chi connectivity index (χ0n) is 16.1. The number of fused-ring (bicyclic) bond motifs is 5. The normalized spacial score (nSPS) is 44.8. The van der Waals surface area contributed by atoms with Crippen LogP contribution in [0.15, 0.2) is 35.5 Å². The van der Waals surface area contributed by atoms with E-state index in [1.165, 1.54) is 19.1 Å². The second kappa shape index (κ2) is 6.11. The van der Waals surface area contributed by atoms with Crippen LogP contribution < -0.4 is 0 Å². The van der Waals surface area contributed by atoms with Gasteiger partial charge in [0.05, 0.1) is 6.33 Å². The smallest absolute Gasteiger partial charge is 0.302 e. The van der Waals surface area contributed by atoms with Crippen molar-refractivity contribution in [1.29, 1.82) is 0 Å². The van der Waals surface area contributed by atoms with E-state index < -0.39 is 17.0 Å². The molecule has 146 valence electrons. The third-order valence-electron chi connectivity index (χ3n) is 7.88. The quantitative estimate of drug-likeness (QED) is 0.606. The number of halogens is 2. The van der Waals surface area contributed by atoms with Gasteiger partial charge in [-0.3, -0.25) is 9.59 Å². The number of ketones is 1. The molecule has 27 heavy (non-hydrogen) atoms. The van der Waals surface area contributed by atoms with Crippen LogP contribution >= 0.6 is 0 Å². The molecule has 0 heterocycles. The summed E-state index contributed by atoms with van der Waals surface area (Å²) in [5, 5.41) is 0. The molecule has 3 nitrogen and oxygen atoms in total. The first kappa shape index (κ1) is 18.6. The molecule has 0 spiro atoms. The lowest BCUT2D eigenvalue weighted by Crippen LogP contribution is -2.51. The second-order valence-electron chi connectivity index (χ2n) is 9.13. The first-order valence-electron chi connectivity index (χ1n) is 9.82. The van der Waals surface area contributed by atoms with E-state index in [0.717, 1.165) is 25.7 Å². The maximum atomic E-state index is 14.2. The lowest BCUT2D eigenvalue weighted by atomic mass is 9.47. The van der Waals surface area contributed by atoms with Crippen molar-refractivity contribution in [2.45, 2.75) is 59.0 Å². The molecule has 0 aromatic heterocycles. The Morgan fingerprint density at radius 3 is 2.67 bits per heavy atom. The molecule has 0 unspecified atom stereocenters. The highest BCUT2D eigenvalue weighted by Gasteiger charge is 2.60. The maximum Gasteiger partial charge on any atom is 0.302 e. The van der Waals surface area contributed by atoms with E-state index in [0.29, 0.717) is 29.8 Å². The largest absolute Gasteiger partial charge is 0.462 e. The fourth-order valence-electron chi connectivity index (χ4n) is 6.64. The SMILES string of the molecule is CC(=O)O[C@H]1CC[C@H]2[C@@H]3CC(=CF)C4=CC(=O)C(F)=C[C@]4(C)[C@H]3CC[C@]12C. The van der Waals surface area contributed by atoms with Crippen LogP contribution in [0.2, 0.25) is 0 Å². The van der Waals surface area contributed by atoms with Gasteiger partial charge in [-0.15, -0.1) is 0 Å². The number of carbonyl (C=O) groups is 2. The van der Waals surface area contributed by atoms with Gasteiger partial charge in [0.1, 0.15) is 6.10 Å². The number of rotatable bonds is 1. The van der Waals surface area contributed by atoms with Crippen molar-refractivity contribution in [3.05, 3.63) is 35.5 Å². The highest BCUT2D eigenvalue weighted by Crippen LogP contribution is 2.66. The molecule has 0 bridgehead atoms. The van der Waals surface area contributed by atoms with Gasteiger partial charge in [0.2, 0.25) is 5.78 Å². The van der Waals surface area contributed by atoms with Gasteiger partial charge >= 0.3 is 5.97 Å². The Balaban J connectivity index is 1.73. The summed E-state index contributed by atoms with van der Waals surface area (Å²) in [5.74, 6) is -1.03. The molecule has 0 N–H and O–H groups in total. The minimum atomic E-state index is -0.738. The maximum absolute atomic E-state index is 14.2. The molecule has 4 rings (SSSR count). The van der Waals surface area contributed by atoms with Gasteiger partial charge in [-0.25, -0.2) is 8.78 Å². The minimum Gasteiger partial charge on any atom is -0.462 e. The average Bonchev–Trinajstić information content (AvgIpc) is 2.92. The van der Waals surface area contributed by atoms with Crippen molar-refractivity contribution in [2.75, 3.05) is 0 Å². The van der Waals surface area contributed by atoms with Crippen LogP contribution in [0.1, 0.15) is 52.9 Å². The Labute approximate surface area is 158 Å². The number of hydrogen-bond acceptors (Lipinski definition) is 3. The van der Waals surface area contributed by atoms with E-state index in [9.17, 15) is 18.4 Å². The summed E-state index contributed by atoms with van der Waals surface area (Å²) in [4.78, 5) is 23.4. The van der Waals surface area contributed by atoms with Crippen LogP contribution in [0.5, 0.6) is 0 Å². The molecular weight excluding hydrogens is 350 g/mol. The highest BCUT2D eigenvalue weighted by atomic mass is 19.1. The molecule has 3 saturated carbocycles. The summed E-state index contributed by atoms with van der Waals surface area (Å²) in [6, 6.07) is 0. The van der Waals surface area contributed by atoms with Gasteiger partial charge in [-0.1, -0.05) is 13.8 Å². The van der Waals surface area contributed by atoms with Gasteiger partial charge in [-0.05, 0) is 73.2 Å². The monoisotopic (exact) mass is 376 g/mol. The second-order valence-corrected chi connectivity index (χ2v) is 9.13. The van der Waals surface area contributed by atoms with E-state index in [4.69, 9.17) is 4.74 Å². The fraction of sp³-hybridized carbons (Fsp3) is 0.636. The predicted octanol–water partition coefficient (Wildman–Crippen LogP) is 4.99. The molecule has 5 heteroatoms. The topological polar surface area (TPSA) is 43.4 Å². The molecule has 0 aromatic carbocycles. The van der Waals surface area contributed by atoms with Crippen molar-refractivity contribution in [1.82, 2.24) is 0 Å². The van der Waals surface area contributed by atoms with Crippen molar-refractivity contribution in [2.24, 2.45) is 28.6 Å². The Bertz CT molecular complexity index is 795. The van der Waals surface area contributed by atoms with Crippen LogP contribution in [0, 0.1) is 28.6 Å². The summed E-state index contributed by atoms with van der Waals surface area (Å²) in [6.07, 6.45) is 7.24. The Hall–Kier alpha value is -1.78. The van der Waals surface area contributed by atoms with E-state index in [2.05, 4.69) is 6.92 Å². The van der Waals surface area contributed by atoms with Gasteiger partial charge in [0.25, 0.3) is 0 Å². The number of ether oxygens (including phenoxy) is 1. The van der Waals surface area contributed by atoms with E-state index >= 15 is 0 Å². The number of allylic oxidation sites excluding steroid dienone is 5. The van der Waals surface area contributed by atoms with Crippen LogP contribution in [0.25, 0.3) is 0 Å². The molecule has 0 aromatic rings. The highest BCUT2D eigenvalue weighted by molar-refractivity contribution is 6.04. The van der Waals surface area contributed by atoms with E-state index in [1.54, 1.807) is 0 Å². The zero-order valence-corrected chi connectivity index (χ0v) is 16.1. The molecule has 6 atom stereocenters. The van der Waals surface area contributed by atoms with Crippen LogP contribution in [-0.2, 0) is 14.3 Å². The molecule has 0 radical (unpaired) electrons. The minimum absolute atomic E-state index is 0.108. The van der Waals surface area contributed by atoms with Gasteiger partial charge in [0.15, 0.2) is 5.83 Å². The molecule has 4 aliphatic rings. The Kier molecular flexibility index (Phi) is 4.21. The third kappa shape index (κ3) is 2.57. The summed E-state index contributed by atoms with van der Waals surface area (Å²) in [6.45, 7) is 5.56. The zero-order chi connectivity index (χ0) is 19.6. The molecule has 4 aliphatic carbocycles. The molecular formula is C22H26F2O3. The lowest BCUT2D eigenvalue weighted by Gasteiger charge is -2.57. The van der Waals surface area contributed by atoms with Crippen LogP contribution in [0.3, 0.4) is 0 Å². The van der Waals surface area contributed by atoms with Gasteiger partial charge < -0.3 is 4.74 Å². The van der Waals surface area contributed by atoms with Crippen molar-refractivity contribution in [3.8, 4) is 0 Å². The van der Waals surface area contributed by atoms with E-state index in [-0.39, 0.29) is 29.3 Å². The lowest BCUT2D eigenvalue weighted by molar-refractivity contribution is -0.156. The summed E-state index contributed by atoms with van der Waals surface area (Å²) in [7, 11) is 0. The molecule has 0 amide bonds. The Morgan fingerprint density at radius 2 is 2.00 bits per heavy atom. The molecule has 0 aliphatic heterocycles. The van der Waals surface area contributed by atoms with E-state index in [1.807, 2.05) is 6.92 Å². The van der Waals surface area contributed by atoms with Crippen LogP contribution in [0.4, 0.5) is 8.78 Å². The number of carbonyl (C=O) groups excluding carboxylic acids is 2. The number of hydrogen-bond donors (Lipinski definition) is 0. The predicted molar refractivity (Wildman–Crippen MR) is 96.8 cm³/mol. The molecule has 0 saturated heterocycles. The Morgan fingerprint density at radius 1 is 1.26 bits per heavy atom. The summed E-state index contributed by atoms with van der Waals surface area (Å²) < 4.78 is 33.6. The summed E-state index contributed by atoms with van der Waals surface area (Å²) in [5.41, 5.74) is 0.352. The standard InChI is InChI=1S/C22H26F2O3/c1-12(25)27-20-5-4-15-14-8-13(11-23)17-9-19(26)18(24)10-22(17,3)16(14)6-7-21(15,20)2/h9-11,14-16,20H,4-8H2,1-3H3/t14-,15-,16-,20-,21-,22+/m0/s1. The summed E-state index contributed by atoms with van der Waals surface area (Å²) >= 11 is 0. The third-order valence-corrected chi connectivity index (χ3v) is 7.88. The van der Waals surface area contributed by atoms with Gasteiger partial charge in [-0.2, -0.15) is 0 Å². The molecule has 3 fully saturated rings. The average molecular weight is 376 g/mol. The first-order chi connectivity index (χ1) is 12.7. The first-order valence-corrected chi connectivity index (χ1v) is 9.82. The fourth-order valence-corrected chi connectivity index (χ4v) is 6.64. The van der Waals surface area contributed by atoms with Crippen molar-refractivity contribution < 1.29 is 23.1 Å². The van der Waals surface area contributed by atoms with Gasteiger partial charge in [0, 0.05) is 17.8 Å².